The molecule has 0 heterocycles. The van der Waals surface area contributed by atoms with Crippen molar-refractivity contribution < 1.29 is 4.79 Å². The van der Waals surface area contributed by atoms with Crippen LogP contribution in [0.5, 0.6) is 0 Å². The normalized spacial score (nSPS) is 9.55. The molecule has 11 heavy (non-hydrogen) atoms. The largest absolute Gasteiger partial charge is 0.300 e. The summed E-state index contributed by atoms with van der Waals surface area (Å²) in [6.07, 6.45) is 4.89. The summed E-state index contributed by atoms with van der Waals surface area (Å²) in [7, 11) is 0. The summed E-state index contributed by atoms with van der Waals surface area (Å²) in [5.74, 6) is 0.179. The van der Waals surface area contributed by atoms with Crippen molar-refractivity contribution in [2.75, 3.05) is 6.54 Å². The first-order valence-electron chi connectivity index (χ1n) is 3.42. The van der Waals surface area contributed by atoms with Gasteiger partial charge in [0.1, 0.15) is 5.78 Å². The Kier molecular flexibility index (Phi) is 6.04. The van der Waals surface area contributed by atoms with E-state index in [1.54, 1.807) is 13.0 Å². The van der Waals surface area contributed by atoms with Crippen LogP contribution in [0.1, 0.15) is 19.8 Å². The summed E-state index contributed by atoms with van der Waals surface area (Å²) in [6.45, 7) is 1.93. The Bertz CT molecular complexity index is 192. The number of hydrogen-bond acceptors (Lipinski definition) is 2. The second-order valence-corrected chi connectivity index (χ2v) is 2.13. The van der Waals surface area contributed by atoms with Crippen molar-refractivity contribution in [1.29, 1.82) is 0 Å². The fourth-order valence-electron chi connectivity index (χ4n) is 0.563. The Balaban J connectivity index is 3.30. The number of nitrogens with zero attached hydrogens (tertiary/aromatic N) is 3. The molecule has 0 saturated heterocycles. The standard InChI is InChI=1S/C7H11N3O/c1-7(11)5-3-2-4-6-9-10-8/h2,4H,3,5-6H2,1H3/b4-2+. The fraction of sp³-hybridized carbons (Fsp3) is 0.571. The van der Waals surface area contributed by atoms with Gasteiger partial charge in [-0.1, -0.05) is 17.3 Å². The predicted octanol–water partition coefficient (Wildman–Crippen LogP) is 2.22. The van der Waals surface area contributed by atoms with Gasteiger partial charge in [0.15, 0.2) is 0 Å². The van der Waals surface area contributed by atoms with E-state index in [1.165, 1.54) is 0 Å². The van der Waals surface area contributed by atoms with E-state index in [4.69, 9.17) is 5.53 Å². The van der Waals surface area contributed by atoms with Crippen molar-refractivity contribution in [3.8, 4) is 0 Å². The van der Waals surface area contributed by atoms with E-state index in [9.17, 15) is 4.79 Å². The first-order valence-corrected chi connectivity index (χ1v) is 3.42. The number of Topliss-reactive ketones (excluding diaryl/α,β-unsaturated/α-hetero) is 1. The van der Waals surface area contributed by atoms with Crippen molar-refractivity contribution in [2.45, 2.75) is 19.8 Å². The van der Waals surface area contributed by atoms with Gasteiger partial charge < -0.3 is 4.79 Å². The van der Waals surface area contributed by atoms with Crippen molar-refractivity contribution in [2.24, 2.45) is 5.11 Å². The third-order valence-corrected chi connectivity index (χ3v) is 1.08. The van der Waals surface area contributed by atoms with E-state index in [0.717, 1.165) is 6.42 Å². The SMILES string of the molecule is CC(=O)CC/C=C/CN=[N+]=[N-]. The summed E-state index contributed by atoms with van der Waals surface area (Å²) in [5, 5.41) is 3.30. The molecule has 0 radical (unpaired) electrons. The van der Waals surface area contributed by atoms with Crippen LogP contribution in [0.25, 0.3) is 10.4 Å². The van der Waals surface area contributed by atoms with Crippen LogP contribution in [0.2, 0.25) is 0 Å². The molecular formula is C7H11N3O. The van der Waals surface area contributed by atoms with Gasteiger partial charge in [0, 0.05) is 17.9 Å². The predicted molar refractivity (Wildman–Crippen MR) is 43.1 cm³/mol. The lowest BCUT2D eigenvalue weighted by atomic mass is 10.2. The molecule has 0 bridgehead atoms. The number of carbonyl (C=O) groups excluding carboxylic acids is 1. The number of allylic oxidation sites excluding steroid dienone is 1. The third kappa shape index (κ3) is 8.72. The average Bonchev–Trinajstić information content (AvgIpc) is 1.96. The molecule has 0 aliphatic heterocycles. The summed E-state index contributed by atoms with van der Waals surface area (Å²) in [6, 6.07) is 0. The Morgan fingerprint density at radius 2 is 2.36 bits per heavy atom. The van der Waals surface area contributed by atoms with Gasteiger partial charge in [0.25, 0.3) is 0 Å². The Labute approximate surface area is 65.5 Å². The Morgan fingerprint density at radius 1 is 1.64 bits per heavy atom. The van der Waals surface area contributed by atoms with Crippen molar-refractivity contribution in [3.05, 3.63) is 22.6 Å². The van der Waals surface area contributed by atoms with E-state index < -0.39 is 0 Å². The first kappa shape index (κ1) is 9.72. The molecule has 0 aromatic heterocycles. The maximum Gasteiger partial charge on any atom is 0.130 e. The van der Waals surface area contributed by atoms with Gasteiger partial charge in [-0.25, -0.2) is 0 Å². The molecule has 60 valence electrons. The molecular weight excluding hydrogens is 142 g/mol. The van der Waals surface area contributed by atoms with Gasteiger partial charge in [-0.15, -0.1) is 0 Å². The topological polar surface area (TPSA) is 65.8 Å². The summed E-state index contributed by atoms with van der Waals surface area (Å²) < 4.78 is 0. The lowest BCUT2D eigenvalue weighted by molar-refractivity contribution is -0.116. The highest BCUT2D eigenvalue weighted by atomic mass is 16.1. The zero-order valence-corrected chi connectivity index (χ0v) is 6.53. The van der Waals surface area contributed by atoms with Gasteiger partial charge >= 0.3 is 0 Å². The number of hydrogen-bond donors (Lipinski definition) is 0. The molecule has 0 amide bonds. The Hall–Kier alpha value is -1.28. The molecule has 4 heteroatoms. The smallest absolute Gasteiger partial charge is 0.130 e. The minimum Gasteiger partial charge on any atom is -0.300 e. The molecule has 0 fully saturated rings. The molecule has 0 N–H and O–H groups in total. The van der Waals surface area contributed by atoms with E-state index in [2.05, 4.69) is 10.0 Å². The molecule has 4 nitrogen and oxygen atoms in total. The first-order chi connectivity index (χ1) is 5.27. The molecule has 0 aromatic rings. The molecule has 0 rings (SSSR count). The highest BCUT2D eigenvalue weighted by Gasteiger charge is 1.87. The van der Waals surface area contributed by atoms with Crippen LogP contribution in [0, 0.1) is 0 Å². The number of ketones is 1. The molecule has 0 spiro atoms. The molecule has 0 aliphatic carbocycles. The minimum absolute atomic E-state index is 0.179. The Morgan fingerprint density at radius 3 is 2.91 bits per heavy atom. The van der Waals surface area contributed by atoms with Gasteiger partial charge in [-0.05, 0) is 18.9 Å². The zero-order chi connectivity index (χ0) is 8.53. The van der Waals surface area contributed by atoms with Crippen LogP contribution in [0.15, 0.2) is 17.3 Å². The summed E-state index contributed by atoms with van der Waals surface area (Å²) in [4.78, 5) is 13.0. The van der Waals surface area contributed by atoms with Crippen LogP contribution >= 0.6 is 0 Å². The molecule has 0 aromatic carbocycles. The molecule has 0 atom stereocenters. The van der Waals surface area contributed by atoms with Gasteiger partial charge in [-0.2, -0.15) is 0 Å². The van der Waals surface area contributed by atoms with Gasteiger partial charge in [0.05, 0.1) is 0 Å². The maximum atomic E-state index is 10.4. The summed E-state index contributed by atoms with van der Waals surface area (Å²) in [5.41, 5.74) is 7.88. The van der Waals surface area contributed by atoms with Crippen molar-refractivity contribution >= 4 is 5.78 Å². The molecule has 0 unspecified atom stereocenters. The zero-order valence-electron chi connectivity index (χ0n) is 6.53. The lowest BCUT2D eigenvalue weighted by Crippen LogP contribution is -1.86. The monoisotopic (exact) mass is 153 g/mol. The van der Waals surface area contributed by atoms with E-state index >= 15 is 0 Å². The van der Waals surface area contributed by atoms with E-state index in [0.29, 0.717) is 13.0 Å². The highest BCUT2D eigenvalue weighted by molar-refractivity contribution is 5.75. The quantitative estimate of drug-likeness (QED) is 0.258. The fourth-order valence-corrected chi connectivity index (χ4v) is 0.563. The maximum absolute atomic E-state index is 10.4. The van der Waals surface area contributed by atoms with Crippen LogP contribution in [-0.4, -0.2) is 12.3 Å². The molecule has 0 saturated carbocycles. The van der Waals surface area contributed by atoms with Crippen molar-refractivity contribution in [3.63, 3.8) is 0 Å². The van der Waals surface area contributed by atoms with E-state index in [1.807, 2.05) is 6.08 Å². The van der Waals surface area contributed by atoms with Crippen molar-refractivity contribution in [1.82, 2.24) is 0 Å². The average molecular weight is 153 g/mol. The van der Waals surface area contributed by atoms with Gasteiger partial charge in [0.2, 0.25) is 0 Å². The number of rotatable bonds is 5. The van der Waals surface area contributed by atoms with E-state index in [-0.39, 0.29) is 5.78 Å². The van der Waals surface area contributed by atoms with Crippen LogP contribution in [-0.2, 0) is 4.79 Å². The molecule has 0 aliphatic rings. The minimum atomic E-state index is 0.179. The second-order valence-electron chi connectivity index (χ2n) is 2.13. The number of azide groups is 1. The second kappa shape index (κ2) is 6.83. The lowest BCUT2D eigenvalue weighted by Gasteiger charge is -1.86. The highest BCUT2D eigenvalue weighted by Crippen LogP contribution is 1.91. The van der Waals surface area contributed by atoms with Crippen LogP contribution in [0.4, 0.5) is 0 Å². The van der Waals surface area contributed by atoms with Crippen LogP contribution in [0.3, 0.4) is 0 Å². The van der Waals surface area contributed by atoms with Gasteiger partial charge in [-0.3, -0.25) is 0 Å². The third-order valence-electron chi connectivity index (χ3n) is 1.08. The van der Waals surface area contributed by atoms with Crippen LogP contribution < -0.4 is 0 Å². The number of carbonyl (C=O) groups is 1. The summed E-state index contributed by atoms with van der Waals surface area (Å²) >= 11 is 0.